The maximum atomic E-state index is 13.5. The lowest BCUT2D eigenvalue weighted by Crippen LogP contribution is -1.88. The molecule has 0 spiro atoms. The average Bonchev–Trinajstić information content (AvgIpc) is 2.63. The Morgan fingerprint density at radius 2 is 1.32 bits per heavy atom. The van der Waals surface area contributed by atoms with Gasteiger partial charge in [-0.3, -0.25) is 0 Å². The molecule has 2 heteroatoms. The largest absolute Gasteiger partial charge is 0.204 e. The number of benzene rings is 3. The van der Waals surface area contributed by atoms with E-state index in [-0.39, 0.29) is 0 Å². The molecule has 0 heterocycles. The highest BCUT2D eigenvalue weighted by atomic mass is 19.2. The van der Waals surface area contributed by atoms with Gasteiger partial charge in [0.2, 0.25) is 0 Å². The molecule has 0 saturated heterocycles. The van der Waals surface area contributed by atoms with Crippen molar-refractivity contribution in [1.29, 1.82) is 0 Å². The third-order valence-electron chi connectivity index (χ3n) is 4.73. The lowest BCUT2D eigenvalue weighted by Gasteiger charge is -2.07. The van der Waals surface area contributed by atoms with Crippen LogP contribution in [0.4, 0.5) is 8.78 Å². The van der Waals surface area contributed by atoms with E-state index in [0.717, 1.165) is 17.4 Å². The molecule has 3 aromatic carbocycles. The summed E-state index contributed by atoms with van der Waals surface area (Å²) in [6.07, 6.45) is 7.56. The summed E-state index contributed by atoms with van der Waals surface area (Å²) in [5.41, 5.74) is 2.96. The standard InChI is InChI=1S/C23H24F2/c1-2-3-4-5-6-7-17-8-9-19-15-20(11-10-18(19)14-17)21-12-13-22(24)23(25)16-21/h8-16H,2-7H2,1H3. The predicted octanol–water partition coefficient (Wildman–Crippen LogP) is 7.30. The Morgan fingerprint density at radius 1 is 0.640 bits per heavy atom. The molecule has 0 bridgehead atoms. The summed E-state index contributed by atoms with van der Waals surface area (Å²) in [5.74, 6) is -1.62. The van der Waals surface area contributed by atoms with Crippen molar-refractivity contribution in [3.63, 3.8) is 0 Å². The highest BCUT2D eigenvalue weighted by Crippen LogP contribution is 2.26. The van der Waals surface area contributed by atoms with Crippen LogP contribution in [0.25, 0.3) is 21.9 Å². The second-order valence-corrected chi connectivity index (χ2v) is 6.69. The number of hydrogen-bond acceptors (Lipinski definition) is 0. The van der Waals surface area contributed by atoms with Crippen molar-refractivity contribution in [3.8, 4) is 11.1 Å². The third-order valence-corrected chi connectivity index (χ3v) is 4.73. The van der Waals surface area contributed by atoms with Gasteiger partial charge in [-0.1, -0.05) is 69.0 Å². The highest BCUT2D eigenvalue weighted by molar-refractivity contribution is 5.87. The van der Waals surface area contributed by atoms with Gasteiger partial charge < -0.3 is 0 Å². The Morgan fingerprint density at radius 3 is 2.12 bits per heavy atom. The molecule has 0 N–H and O–H groups in total. The van der Waals surface area contributed by atoms with E-state index in [0.29, 0.717) is 5.56 Å². The maximum absolute atomic E-state index is 13.5. The number of rotatable bonds is 7. The van der Waals surface area contributed by atoms with Crippen molar-refractivity contribution < 1.29 is 8.78 Å². The minimum atomic E-state index is -0.812. The summed E-state index contributed by atoms with van der Waals surface area (Å²) >= 11 is 0. The van der Waals surface area contributed by atoms with Gasteiger partial charge in [0.15, 0.2) is 11.6 Å². The van der Waals surface area contributed by atoms with Gasteiger partial charge in [0.05, 0.1) is 0 Å². The molecular weight excluding hydrogens is 314 g/mol. The fourth-order valence-electron chi connectivity index (χ4n) is 3.24. The van der Waals surface area contributed by atoms with Crippen LogP contribution in [0.5, 0.6) is 0 Å². The summed E-state index contributed by atoms with van der Waals surface area (Å²) in [7, 11) is 0. The maximum Gasteiger partial charge on any atom is 0.159 e. The molecule has 0 aromatic heterocycles. The monoisotopic (exact) mass is 338 g/mol. The molecule has 130 valence electrons. The first kappa shape index (κ1) is 17.6. The van der Waals surface area contributed by atoms with Crippen molar-refractivity contribution in [2.45, 2.75) is 45.4 Å². The molecule has 0 saturated carbocycles. The summed E-state index contributed by atoms with van der Waals surface area (Å²) in [6, 6.07) is 16.7. The second kappa shape index (κ2) is 8.24. The fourth-order valence-corrected chi connectivity index (χ4v) is 3.24. The van der Waals surface area contributed by atoms with E-state index >= 15 is 0 Å². The molecule has 0 atom stereocenters. The first-order valence-electron chi connectivity index (χ1n) is 9.15. The van der Waals surface area contributed by atoms with Crippen LogP contribution in [0, 0.1) is 11.6 Å². The number of hydrogen-bond donors (Lipinski definition) is 0. The molecule has 25 heavy (non-hydrogen) atoms. The van der Waals surface area contributed by atoms with Crippen molar-refractivity contribution in [2.75, 3.05) is 0 Å². The Hall–Kier alpha value is -2.22. The number of unbranched alkanes of at least 4 members (excludes halogenated alkanes) is 4. The molecule has 0 radical (unpaired) electrons. The Balaban J connectivity index is 1.75. The number of fused-ring (bicyclic) bond motifs is 1. The normalized spacial score (nSPS) is 11.2. The summed E-state index contributed by atoms with van der Waals surface area (Å²) in [6.45, 7) is 2.23. The minimum Gasteiger partial charge on any atom is -0.204 e. The summed E-state index contributed by atoms with van der Waals surface area (Å²) < 4.78 is 26.6. The Bertz CT molecular complexity index is 852. The minimum absolute atomic E-state index is 0.695. The molecule has 0 fully saturated rings. The van der Waals surface area contributed by atoms with Gasteiger partial charge in [-0.15, -0.1) is 0 Å². The van der Waals surface area contributed by atoms with Crippen LogP contribution in [0.3, 0.4) is 0 Å². The summed E-state index contributed by atoms with van der Waals surface area (Å²) in [4.78, 5) is 0. The Kier molecular flexibility index (Phi) is 5.80. The predicted molar refractivity (Wildman–Crippen MR) is 102 cm³/mol. The molecule has 0 aliphatic carbocycles. The van der Waals surface area contributed by atoms with Crippen LogP contribution in [0.2, 0.25) is 0 Å². The molecule has 3 aromatic rings. The van der Waals surface area contributed by atoms with Gasteiger partial charge in [0.25, 0.3) is 0 Å². The Labute approximate surface area is 148 Å². The van der Waals surface area contributed by atoms with E-state index in [2.05, 4.69) is 31.2 Å². The van der Waals surface area contributed by atoms with Crippen LogP contribution in [0.1, 0.15) is 44.6 Å². The zero-order valence-electron chi connectivity index (χ0n) is 14.7. The molecule has 0 unspecified atom stereocenters. The second-order valence-electron chi connectivity index (χ2n) is 6.69. The fraction of sp³-hybridized carbons (Fsp3) is 0.304. The van der Waals surface area contributed by atoms with E-state index in [9.17, 15) is 8.78 Å². The van der Waals surface area contributed by atoms with Crippen molar-refractivity contribution in [1.82, 2.24) is 0 Å². The van der Waals surface area contributed by atoms with Crippen molar-refractivity contribution >= 4 is 10.8 Å². The van der Waals surface area contributed by atoms with E-state index in [1.165, 1.54) is 55.2 Å². The summed E-state index contributed by atoms with van der Waals surface area (Å²) in [5, 5.41) is 2.31. The smallest absolute Gasteiger partial charge is 0.159 e. The van der Waals surface area contributed by atoms with Crippen LogP contribution >= 0.6 is 0 Å². The van der Waals surface area contributed by atoms with Crippen molar-refractivity contribution in [3.05, 3.63) is 71.8 Å². The zero-order valence-corrected chi connectivity index (χ0v) is 14.7. The highest BCUT2D eigenvalue weighted by Gasteiger charge is 2.06. The van der Waals surface area contributed by atoms with Crippen LogP contribution < -0.4 is 0 Å². The van der Waals surface area contributed by atoms with Crippen LogP contribution in [-0.4, -0.2) is 0 Å². The quantitative estimate of drug-likeness (QED) is 0.396. The van der Waals surface area contributed by atoms with E-state index in [1.807, 2.05) is 12.1 Å². The molecule has 0 amide bonds. The van der Waals surface area contributed by atoms with Gasteiger partial charge in [0.1, 0.15) is 0 Å². The lowest BCUT2D eigenvalue weighted by atomic mass is 9.98. The molecule has 0 aliphatic rings. The van der Waals surface area contributed by atoms with E-state index in [4.69, 9.17) is 0 Å². The van der Waals surface area contributed by atoms with Gasteiger partial charge in [-0.2, -0.15) is 0 Å². The van der Waals surface area contributed by atoms with Crippen LogP contribution in [0.15, 0.2) is 54.6 Å². The van der Waals surface area contributed by atoms with Gasteiger partial charge >= 0.3 is 0 Å². The van der Waals surface area contributed by atoms with E-state index in [1.54, 1.807) is 6.07 Å². The molecule has 3 rings (SSSR count). The van der Waals surface area contributed by atoms with E-state index < -0.39 is 11.6 Å². The topological polar surface area (TPSA) is 0 Å². The average molecular weight is 338 g/mol. The first-order chi connectivity index (χ1) is 12.2. The SMILES string of the molecule is CCCCCCCc1ccc2cc(-c3ccc(F)c(F)c3)ccc2c1. The van der Waals surface area contributed by atoms with Gasteiger partial charge in [-0.25, -0.2) is 8.78 Å². The zero-order chi connectivity index (χ0) is 17.6. The van der Waals surface area contributed by atoms with Crippen LogP contribution in [-0.2, 0) is 6.42 Å². The molecular formula is C23H24F2. The third kappa shape index (κ3) is 4.45. The van der Waals surface area contributed by atoms with Gasteiger partial charge in [-0.05, 0) is 58.5 Å². The number of aryl methyl sites for hydroxylation is 1. The molecule has 0 nitrogen and oxygen atoms in total. The molecule has 0 aliphatic heterocycles. The lowest BCUT2D eigenvalue weighted by molar-refractivity contribution is 0.509. The van der Waals surface area contributed by atoms with Gasteiger partial charge in [0, 0.05) is 0 Å². The van der Waals surface area contributed by atoms with Crippen molar-refractivity contribution in [2.24, 2.45) is 0 Å². The number of halogens is 2. The first-order valence-corrected chi connectivity index (χ1v) is 9.15.